The first-order valence-electron chi connectivity index (χ1n) is 6.23. The fourth-order valence-corrected chi connectivity index (χ4v) is 3.07. The van der Waals surface area contributed by atoms with Crippen molar-refractivity contribution in [3.8, 4) is 11.4 Å². The van der Waals surface area contributed by atoms with Crippen molar-refractivity contribution in [2.24, 2.45) is 0 Å². The Balaban J connectivity index is 2.10. The first kappa shape index (κ1) is 9.33. The molecule has 3 aromatic heterocycles. The van der Waals surface area contributed by atoms with Crippen LogP contribution < -0.4 is 0 Å². The molecule has 0 fully saturated rings. The van der Waals surface area contributed by atoms with Crippen molar-refractivity contribution in [2.75, 3.05) is 0 Å². The molecule has 4 heteroatoms. The van der Waals surface area contributed by atoms with Gasteiger partial charge in [0.15, 0.2) is 0 Å². The topological polar surface area (TPSA) is 43.9 Å². The summed E-state index contributed by atoms with van der Waals surface area (Å²) in [5.74, 6) is 0. The Labute approximate surface area is 108 Å². The van der Waals surface area contributed by atoms with Crippen molar-refractivity contribution in [3.05, 3.63) is 48.4 Å². The summed E-state index contributed by atoms with van der Waals surface area (Å²) in [6.07, 6.45) is 3.56. The van der Waals surface area contributed by atoms with Crippen LogP contribution in [0.3, 0.4) is 0 Å². The maximum atomic E-state index is 5.11. The molecule has 0 bridgehead atoms. The highest BCUT2D eigenvalue weighted by atomic mass is 16.5. The number of hydrogen-bond donors (Lipinski definition) is 0. The number of hydrogen-bond acceptors (Lipinski definition) is 3. The second kappa shape index (κ2) is 3.03. The molecule has 0 radical (unpaired) electrons. The zero-order valence-electron chi connectivity index (χ0n) is 10.00. The molecule has 0 saturated carbocycles. The van der Waals surface area contributed by atoms with Crippen LogP contribution in [0.5, 0.6) is 0 Å². The normalized spacial score (nSPS) is 13.1. The van der Waals surface area contributed by atoms with Gasteiger partial charge in [-0.25, -0.2) is 0 Å². The van der Waals surface area contributed by atoms with Crippen LogP contribution in [0.15, 0.2) is 47.3 Å². The third-order valence-corrected chi connectivity index (χ3v) is 3.88. The summed E-state index contributed by atoms with van der Waals surface area (Å²) in [6.45, 7) is 0.793. The van der Waals surface area contributed by atoms with Crippen LogP contribution >= 0.6 is 0 Å². The average molecular weight is 247 g/mol. The molecule has 0 saturated heterocycles. The van der Waals surface area contributed by atoms with Crippen LogP contribution in [0.1, 0.15) is 5.56 Å². The van der Waals surface area contributed by atoms with Crippen LogP contribution in [0, 0.1) is 0 Å². The standard InChI is InChI=1S/C15H9N3O/c1-2-4-12-10(3-1)11-5-6-16-14-13-9(8-19-17-13)7-18(12)15(11)14/h1-6,8H,7H2. The Morgan fingerprint density at radius 1 is 1.05 bits per heavy atom. The molecule has 1 aromatic carbocycles. The Hall–Kier alpha value is -2.62. The minimum atomic E-state index is 0.793. The average Bonchev–Trinajstić information content (AvgIpc) is 3.05. The van der Waals surface area contributed by atoms with Gasteiger partial charge in [0.25, 0.3) is 0 Å². The Morgan fingerprint density at radius 3 is 3.00 bits per heavy atom. The number of fused-ring (bicyclic) bond motifs is 5. The maximum absolute atomic E-state index is 5.11. The van der Waals surface area contributed by atoms with Gasteiger partial charge in [-0.15, -0.1) is 0 Å². The number of para-hydroxylation sites is 1. The van der Waals surface area contributed by atoms with Gasteiger partial charge in [-0.2, -0.15) is 0 Å². The molecule has 4 heterocycles. The molecule has 0 amide bonds. The zero-order chi connectivity index (χ0) is 12.4. The minimum absolute atomic E-state index is 0.793. The largest absolute Gasteiger partial charge is 0.364 e. The Bertz CT molecular complexity index is 949. The van der Waals surface area contributed by atoms with Gasteiger partial charge in [0, 0.05) is 28.0 Å². The van der Waals surface area contributed by atoms with E-state index in [-0.39, 0.29) is 0 Å². The fraction of sp³-hybridized carbons (Fsp3) is 0.0667. The number of benzene rings is 1. The summed E-state index contributed by atoms with van der Waals surface area (Å²) in [7, 11) is 0. The molecule has 1 aliphatic heterocycles. The van der Waals surface area contributed by atoms with Crippen molar-refractivity contribution in [1.82, 2.24) is 14.7 Å². The van der Waals surface area contributed by atoms with Crippen molar-refractivity contribution >= 4 is 21.8 Å². The Kier molecular flexibility index (Phi) is 1.49. The maximum Gasteiger partial charge on any atom is 0.139 e. The quantitative estimate of drug-likeness (QED) is 0.422. The van der Waals surface area contributed by atoms with E-state index >= 15 is 0 Å². The molecule has 0 unspecified atom stereocenters. The summed E-state index contributed by atoms with van der Waals surface area (Å²) in [4.78, 5) is 4.50. The number of pyridine rings is 1. The van der Waals surface area contributed by atoms with Gasteiger partial charge in [0.05, 0.1) is 12.1 Å². The van der Waals surface area contributed by atoms with Gasteiger partial charge in [0.1, 0.15) is 17.7 Å². The first-order valence-corrected chi connectivity index (χ1v) is 6.23. The monoisotopic (exact) mass is 247 g/mol. The predicted molar refractivity (Wildman–Crippen MR) is 71.8 cm³/mol. The molecule has 1 aliphatic rings. The van der Waals surface area contributed by atoms with E-state index in [1.54, 1.807) is 6.26 Å². The molecule has 90 valence electrons. The highest BCUT2D eigenvalue weighted by Gasteiger charge is 2.25. The highest BCUT2D eigenvalue weighted by Crippen LogP contribution is 2.39. The fourth-order valence-electron chi connectivity index (χ4n) is 3.07. The van der Waals surface area contributed by atoms with Gasteiger partial charge in [0.2, 0.25) is 0 Å². The lowest BCUT2D eigenvalue weighted by Crippen LogP contribution is -2.07. The van der Waals surface area contributed by atoms with E-state index in [2.05, 4.69) is 45.0 Å². The van der Waals surface area contributed by atoms with E-state index < -0.39 is 0 Å². The second-order valence-corrected chi connectivity index (χ2v) is 4.85. The van der Waals surface area contributed by atoms with E-state index in [0.29, 0.717) is 0 Å². The van der Waals surface area contributed by atoms with Gasteiger partial charge in [-0.05, 0) is 12.1 Å². The SMILES string of the molecule is c1ccc2c(c1)c1ccnc3c1n2Cc1conc1-3. The van der Waals surface area contributed by atoms with Gasteiger partial charge >= 0.3 is 0 Å². The third-order valence-electron chi connectivity index (χ3n) is 3.88. The van der Waals surface area contributed by atoms with Crippen LogP contribution in [0.25, 0.3) is 33.2 Å². The molecule has 0 aliphatic carbocycles. The van der Waals surface area contributed by atoms with Crippen molar-refractivity contribution < 1.29 is 4.52 Å². The van der Waals surface area contributed by atoms with Crippen LogP contribution in [-0.4, -0.2) is 14.7 Å². The third kappa shape index (κ3) is 1.00. The van der Waals surface area contributed by atoms with Gasteiger partial charge < -0.3 is 9.09 Å². The number of nitrogens with zero attached hydrogens (tertiary/aromatic N) is 3. The van der Waals surface area contributed by atoms with E-state index in [1.165, 1.54) is 16.3 Å². The van der Waals surface area contributed by atoms with Gasteiger partial charge in [-0.1, -0.05) is 23.4 Å². The molecular weight excluding hydrogens is 238 g/mol. The smallest absolute Gasteiger partial charge is 0.139 e. The van der Waals surface area contributed by atoms with Gasteiger partial charge in [-0.3, -0.25) is 4.98 Å². The summed E-state index contributed by atoms with van der Waals surface area (Å²) in [6, 6.07) is 10.5. The summed E-state index contributed by atoms with van der Waals surface area (Å²) >= 11 is 0. The summed E-state index contributed by atoms with van der Waals surface area (Å²) in [5.41, 5.74) is 5.28. The number of aromatic nitrogens is 3. The molecule has 19 heavy (non-hydrogen) atoms. The molecular formula is C15H9N3O. The summed E-state index contributed by atoms with van der Waals surface area (Å²) < 4.78 is 7.41. The van der Waals surface area contributed by atoms with E-state index in [0.717, 1.165) is 29.0 Å². The Morgan fingerprint density at radius 2 is 2.00 bits per heavy atom. The molecule has 5 rings (SSSR count). The van der Waals surface area contributed by atoms with Crippen LogP contribution in [0.4, 0.5) is 0 Å². The predicted octanol–water partition coefficient (Wildman–Crippen LogP) is 3.21. The lowest BCUT2D eigenvalue weighted by atomic mass is 10.1. The molecule has 4 nitrogen and oxygen atoms in total. The summed E-state index contributed by atoms with van der Waals surface area (Å²) in [5, 5.41) is 6.60. The molecule has 0 spiro atoms. The first-order chi connectivity index (χ1) is 9.43. The second-order valence-electron chi connectivity index (χ2n) is 4.85. The van der Waals surface area contributed by atoms with Crippen molar-refractivity contribution in [2.45, 2.75) is 6.54 Å². The minimum Gasteiger partial charge on any atom is -0.364 e. The lowest BCUT2D eigenvalue weighted by molar-refractivity contribution is 0.421. The molecule has 4 aromatic rings. The number of rotatable bonds is 0. The van der Waals surface area contributed by atoms with E-state index in [1.807, 2.05) is 6.20 Å². The lowest BCUT2D eigenvalue weighted by Gasteiger charge is -2.13. The van der Waals surface area contributed by atoms with Crippen molar-refractivity contribution in [3.63, 3.8) is 0 Å². The molecule has 0 atom stereocenters. The van der Waals surface area contributed by atoms with Crippen LogP contribution in [-0.2, 0) is 6.54 Å². The molecule has 0 N–H and O–H groups in total. The van der Waals surface area contributed by atoms with E-state index in [9.17, 15) is 0 Å². The highest BCUT2D eigenvalue weighted by molar-refractivity contribution is 6.12. The van der Waals surface area contributed by atoms with Crippen molar-refractivity contribution in [1.29, 1.82) is 0 Å². The zero-order valence-corrected chi connectivity index (χ0v) is 10.00. The van der Waals surface area contributed by atoms with E-state index in [4.69, 9.17) is 4.52 Å². The van der Waals surface area contributed by atoms with Crippen LogP contribution in [0.2, 0.25) is 0 Å².